The lowest BCUT2D eigenvalue weighted by Gasteiger charge is -2.43. The Morgan fingerprint density at radius 1 is 1.28 bits per heavy atom. The van der Waals surface area contributed by atoms with Crippen molar-refractivity contribution in [3.63, 3.8) is 0 Å². The average Bonchev–Trinajstić information content (AvgIpc) is 2.55. The Morgan fingerprint density at radius 3 is 2.60 bits per heavy atom. The number of ether oxygens (including phenoxy) is 2. The first-order valence-corrected chi connectivity index (χ1v) is 8.65. The van der Waals surface area contributed by atoms with Crippen LogP contribution in [0.5, 0.6) is 11.5 Å². The van der Waals surface area contributed by atoms with Crippen LogP contribution in [0.4, 0.5) is 0 Å². The third kappa shape index (κ3) is 4.65. The standard InChI is InChI=1S/C19H27NO5/c1-5-24-16-10-14(6-7-15(16)25-11-17(21)22)18(23)20-9-8-13(2)19(3,4)12-20/h6-7,10,13H,5,8-9,11-12H2,1-4H3,(H,21,22). The SMILES string of the molecule is CCOc1cc(C(=O)N2CCC(C)C(C)(C)C2)ccc1OCC(=O)O. The molecule has 0 saturated carbocycles. The number of benzene rings is 1. The van der Waals surface area contributed by atoms with Gasteiger partial charge in [0, 0.05) is 18.7 Å². The normalized spacial score (nSPS) is 19.4. The van der Waals surface area contributed by atoms with Crippen molar-refractivity contribution < 1.29 is 24.2 Å². The maximum Gasteiger partial charge on any atom is 0.341 e. The van der Waals surface area contributed by atoms with Gasteiger partial charge in [-0.1, -0.05) is 20.8 Å². The molecule has 0 radical (unpaired) electrons. The number of rotatable bonds is 6. The quantitative estimate of drug-likeness (QED) is 0.854. The average molecular weight is 349 g/mol. The van der Waals surface area contributed by atoms with E-state index in [0.717, 1.165) is 13.0 Å². The number of carboxylic acids is 1. The lowest BCUT2D eigenvalue weighted by atomic mass is 9.75. The summed E-state index contributed by atoms with van der Waals surface area (Å²) in [7, 11) is 0. The second-order valence-corrected chi connectivity index (χ2v) is 7.18. The summed E-state index contributed by atoms with van der Waals surface area (Å²) in [6.07, 6.45) is 0.983. The molecule has 1 saturated heterocycles. The molecule has 1 fully saturated rings. The molecule has 0 bridgehead atoms. The van der Waals surface area contributed by atoms with Gasteiger partial charge in [-0.05, 0) is 42.9 Å². The first-order valence-electron chi connectivity index (χ1n) is 8.65. The highest BCUT2D eigenvalue weighted by Crippen LogP contribution is 2.35. The van der Waals surface area contributed by atoms with Gasteiger partial charge in [-0.15, -0.1) is 0 Å². The second-order valence-electron chi connectivity index (χ2n) is 7.18. The maximum atomic E-state index is 12.9. The van der Waals surface area contributed by atoms with E-state index in [-0.39, 0.29) is 11.3 Å². The van der Waals surface area contributed by atoms with E-state index in [2.05, 4.69) is 20.8 Å². The van der Waals surface area contributed by atoms with Crippen LogP contribution >= 0.6 is 0 Å². The van der Waals surface area contributed by atoms with Crippen molar-refractivity contribution in [1.29, 1.82) is 0 Å². The van der Waals surface area contributed by atoms with Gasteiger partial charge in [-0.25, -0.2) is 4.79 Å². The number of hydrogen-bond acceptors (Lipinski definition) is 4. The third-order valence-corrected chi connectivity index (χ3v) is 4.89. The van der Waals surface area contributed by atoms with E-state index in [1.54, 1.807) is 18.2 Å². The molecule has 0 spiro atoms. The Balaban J connectivity index is 2.19. The van der Waals surface area contributed by atoms with E-state index in [4.69, 9.17) is 14.6 Å². The van der Waals surface area contributed by atoms with Crippen molar-refractivity contribution in [2.75, 3.05) is 26.3 Å². The van der Waals surface area contributed by atoms with E-state index < -0.39 is 12.6 Å². The minimum atomic E-state index is -1.06. The molecule has 1 atom stereocenters. The lowest BCUT2D eigenvalue weighted by molar-refractivity contribution is -0.139. The highest BCUT2D eigenvalue weighted by molar-refractivity contribution is 5.95. The van der Waals surface area contributed by atoms with E-state index >= 15 is 0 Å². The van der Waals surface area contributed by atoms with Crippen LogP contribution in [0.2, 0.25) is 0 Å². The van der Waals surface area contributed by atoms with Crippen LogP contribution in [-0.4, -0.2) is 48.2 Å². The Kier molecular flexibility index (Phi) is 5.93. The van der Waals surface area contributed by atoms with Crippen molar-refractivity contribution in [3.8, 4) is 11.5 Å². The van der Waals surface area contributed by atoms with Crippen LogP contribution in [0.1, 0.15) is 44.5 Å². The lowest BCUT2D eigenvalue weighted by Crippen LogP contribution is -2.47. The summed E-state index contributed by atoms with van der Waals surface area (Å²) < 4.78 is 10.7. The van der Waals surface area contributed by atoms with Gasteiger partial charge in [0.05, 0.1) is 6.61 Å². The molecule has 1 unspecified atom stereocenters. The van der Waals surface area contributed by atoms with Gasteiger partial charge in [0.25, 0.3) is 5.91 Å². The predicted molar refractivity (Wildman–Crippen MR) is 94.2 cm³/mol. The molecule has 1 N–H and O–H groups in total. The molecule has 1 amide bonds. The molecule has 0 aromatic heterocycles. The summed E-state index contributed by atoms with van der Waals surface area (Å²) in [6, 6.07) is 4.89. The van der Waals surface area contributed by atoms with Crippen LogP contribution in [0.3, 0.4) is 0 Å². The summed E-state index contributed by atoms with van der Waals surface area (Å²) in [4.78, 5) is 25.4. The number of hydrogen-bond donors (Lipinski definition) is 1. The van der Waals surface area contributed by atoms with E-state index in [1.807, 2.05) is 11.8 Å². The van der Waals surface area contributed by atoms with Crippen molar-refractivity contribution >= 4 is 11.9 Å². The van der Waals surface area contributed by atoms with Gasteiger partial charge in [-0.3, -0.25) is 4.79 Å². The molecule has 6 nitrogen and oxygen atoms in total. The number of aliphatic carboxylic acids is 1. The van der Waals surface area contributed by atoms with Gasteiger partial charge in [0.15, 0.2) is 18.1 Å². The van der Waals surface area contributed by atoms with Crippen LogP contribution in [-0.2, 0) is 4.79 Å². The third-order valence-electron chi connectivity index (χ3n) is 4.89. The van der Waals surface area contributed by atoms with Crippen LogP contribution in [0, 0.1) is 11.3 Å². The number of carbonyl (C=O) groups excluding carboxylic acids is 1. The Hall–Kier alpha value is -2.24. The Morgan fingerprint density at radius 2 is 2.00 bits per heavy atom. The minimum Gasteiger partial charge on any atom is -0.490 e. The molecule has 1 aliphatic rings. The van der Waals surface area contributed by atoms with Crippen molar-refractivity contribution in [3.05, 3.63) is 23.8 Å². The molecule has 138 valence electrons. The predicted octanol–water partition coefficient (Wildman–Crippen LogP) is 3.06. The molecular weight excluding hydrogens is 322 g/mol. The fraction of sp³-hybridized carbons (Fsp3) is 0.579. The molecule has 1 heterocycles. The Bertz CT molecular complexity index is 641. The number of piperidine rings is 1. The van der Waals surface area contributed by atoms with Crippen LogP contribution in [0.25, 0.3) is 0 Å². The van der Waals surface area contributed by atoms with Gasteiger partial charge in [-0.2, -0.15) is 0 Å². The number of likely N-dealkylation sites (tertiary alicyclic amines) is 1. The largest absolute Gasteiger partial charge is 0.490 e. The summed E-state index contributed by atoms with van der Waals surface area (Å²) in [5, 5.41) is 8.75. The van der Waals surface area contributed by atoms with Crippen molar-refractivity contribution in [2.45, 2.75) is 34.1 Å². The van der Waals surface area contributed by atoms with Gasteiger partial charge < -0.3 is 19.5 Å². The summed E-state index contributed by atoms with van der Waals surface area (Å²) >= 11 is 0. The van der Waals surface area contributed by atoms with Crippen molar-refractivity contribution in [1.82, 2.24) is 4.90 Å². The van der Waals surface area contributed by atoms with Gasteiger partial charge >= 0.3 is 5.97 Å². The molecule has 25 heavy (non-hydrogen) atoms. The Labute approximate surface area is 148 Å². The van der Waals surface area contributed by atoms with Crippen molar-refractivity contribution in [2.24, 2.45) is 11.3 Å². The zero-order chi connectivity index (χ0) is 18.6. The first-order chi connectivity index (χ1) is 11.7. The summed E-state index contributed by atoms with van der Waals surface area (Å²) in [5.41, 5.74) is 0.609. The number of carbonyl (C=O) groups is 2. The summed E-state index contributed by atoms with van der Waals surface area (Å²) in [5.74, 6) is 0.188. The fourth-order valence-electron chi connectivity index (χ4n) is 2.99. The highest BCUT2D eigenvalue weighted by atomic mass is 16.5. The number of nitrogens with zero attached hydrogens (tertiary/aromatic N) is 1. The summed E-state index contributed by atoms with van der Waals surface area (Å²) in [6.45, 7) is 9.82. The number of amides is 1. The molecule has 1 aliphatic heterocycles. The second kappa shape index (κ2) is 7.76. The first kappa shape index (κ1) is 19.1. The smallest absolute Gasteiger partial charge is 0.341 e. The number of carboxylic acid groups (broad SMARTS) is 1. The monoisotopic (exact) mass is 349 g/mol. The van der Waals surface area contributed by atoms with E-state index in [9.17, 15) is 9.59 Å². The molecule has 1 aromatic rings. The molecule has 0 aliphatic carbocycles. The van der Waals surface area contributed by atoms with Gasteiger partial charge in [0.1, 0.15) is 0 Å². The fourth-order valence-corrected chi connectivity index (χ4v) is 2.99. The maximum absolute atomic E-state index is 12.9. The molecular formula is C19H27NO5. The van der Waals surface area contributed by atoms with Crippen LogP contribution < -0.4 is 9.47 Å². The minimum absolute atomic E-state index is 0.0364. The molecule has 6 heteroatoms. The zero-order valence-electron chi connectivity index (χ0n) is 15.4. The van der Waals surface area contributed by atoms with E-state index in [1.165, 1.54) is 0 Å². The van der Waals surface area contributed by atoms with Crippen LogP contribution in [0.15, 0.2) is 18.2 Å². The topological polar surface area (TPSA) is 76.1 Å². The highest BCUT2D eigenvalue weighted by Gasteiger charge is 2.35. The van der Waals surface area contributed by atoms with Gasteiger partial charge in [0.2, 0.25) is 0 Å². The zero-order valence-corrected chi connectivity index (χ0v) is 15.4. The van der Waals surface area contributed by atoms with E-state index in [0.29, 0.717) is 36.1 Å². The molecule has 2 rings (SSSR count). The molecule has 1 aromatic carbocycles.